The van der Waals surface area contributed by atoms with Gasteiger partial charge in [0.2, 0.25) is 0 Å². The third-order valence-electron chi connectivity index (χ3n) is 2.28. The molecule has 90 valence electrons. The highest BCUT2D eigenvalue weighted by atomic mass is 79.9. The Kier molecular flexibility index (Phi) is 4.07. The molecule has 1 unspecified atom stereocenters. The molecule has 1 aromatic carbocycles. The number of thiophene rings is 1. The number of nitrogens with one attached hydrogen (secondary N) is 1. The van der Waals surface area contributed by atoms with Crippen molar-refractivity contribution in [2.45, 2.75) is 13.0 Å². The van der Waals surface area contributed by atoms with Crippen molar-refractivity contribution in [3.05, 3.63) is 49.8 Å². The van der Waals surface area contributed by atoms with Gasteiger partial charge in [0.05, 0.1) is 6.04 Å². The summed E-state index contributed by atoms with van der Waals surface area (Å²) in [6.45, 7) is 2.02. The lowest BCUT2D eigenvalue weighted by Gasteiger charge is -2.14. The summed E-state index contributed by atoms with van der Waals surface area (Å²) < 4.78 is 14.2. The molecule has 5 heteroatoms. The van der Waals surface area contributed by atoms with Gasteiger partial charge in [-0.05, 0) is 52.5 Å². The Labute approximate surface area is 117 Å². The summed E-state index contributed by atoms with van der Waals surface area (Å²) in [4.78, 5) is 1.17. The lowest BCUT2D eigenvalue weighted by atomic mass is 10.2. The second-order valence-electron chi connectivity index (χ2n) is 3.66. The largest absolute Gasteiger partial charge is 0.378 e. The quantitative estimate of drug-likeness (QED) is 0.784. The van der Waals surface area contributed by atoms with Gasteiger partial charge in [0.1, 0.15) is 5.82 Å². The van der Waals surface area contributed by atoms with Gasteiger partial charge < -0.3 is 5.32 Å². The van der Waals surface area contributed by atoms with Crippen LogP contribution >= 0.6 is 38.9 Å². The van der Waals surface area contributed by atoms with Crippen molar-refractivity contribution < 1.29 is 4.39 Å². The zero-order valence-corrected chi connectivity index (χ0v) is 12.2. The highest BCUT2D eigenvalue weighted by Crippen LogP contribution is 2.31. The van der Waals surface area contributed by atoms with E-state index in [9.17, 15) is 4.39 Å². The van der Waals surface area contributed by atoms with Gasteiger partial charge in [-0.25, -0.2) is 4.39 Å². The fourth-order valence-electron chi connectivity index (χ4n) is 1.57. The van der Waals surface area contributed by atoms with Crippen LogP contribution in [-0.2, 0) is 0 Å². The molecule has 1 aromatic heterocycles. The molecule has 0 bridgehead atoms. The molecular weight excluding hydrogens is 325 g/mol. The van der Waals surface area contributed by atoms with Gasteiger partial charge in [-0.1, -0.05) is 11.6 Å². The number of anilines is 1. The minimum atomic E-state index is -0.336. The maximum atomic E-state index is 13.2. The molecule has 17 heavy (non-hydrogen) atoms. The zero-order valence-electron chi connectivity index (χ0n) is 9.01. The lowest BCUT2D eigenvalue weighted by Crippen LogP contribution is -2.05. The molecule has 2 aromatic rings. The second kappa shape index (κ2) is 5.38. The first kappa shape index (κ1) is 12.9. The lowest BCUT2D eigenvalue weighted by molar-refractivity contribution is 0.628. The Bertz CT molecular complexity index is 509. The standard InChI is InChI=1S/C12H10BrClFNS/c1-7(12-11(13)2-3-17-12)16-10-5-8(14)4-9(15)6-10/h2-7,16H,1H3. The first-order valence-corrected chi connectivity index (χ1v) is 7.07. The predicted octanol–water partition coefficient (Wildman–Crippen LogP) is 5.48. The maximum absolute atomic E-state index is 13.2. The Hall–Kier alpha value is -0.580. The van der Waals surface area contributed by atoms with Crippen molar-refractivity contribution in [2.75, 3.05) is 5.32 Å². The van der Waals surface area contributed by atoms with Crippen LogP contribution in [0.1, 0.15) is 17.8 Å². The van der Waals surface area contributed by atoms with E-state index >= 15 is 0 Å². The molecule has 0 aliphatic heterocycles. The van der Waals surface area contributed by atoms with E-state index in [1.165, 1.54) is 17.0 Å². The fraction of sp³-hybridized carbons (Fsp3) is 0.167. The Morgan fingerprint density at radius 1 is 1.41 bits per heavy atom. The Morgan fingerprint density at radius 3 is 2.76 bits per heavy atom. The number of halogens is 3. The molecule has 1 nitrogen and oxygen atoms in total. The van der Waals surface area contributed by atoms with Crippen LogP contribution in [0.5, 0.6) is 0 Å². The number of benzene rings is 1. The van der Waals surface area contributed by atoms with E-state index in [0.717, 1.165) is 4.47 Å². The van der Waals surface area contributed by atoms with Crippen LogP contribution in [-0.4, -0.2) is 0 Å². The first-order valence-electron chi connectivity index (χ1n) is 5.02. The highest BCUT2D eigenvalue weighted by Gasteiger charge is 2.11. The molecule has 0 fully saturated rings. The van der Waals surface area contributed by atoms with Gasteiger partial charge in [-0.2, -0.15) is 0 Å². The van der Waals surface area contributed by atoms with Crippen LogP contribution in [0.4, 0.5) is 10.1 Å². The van der Waals surface area contributed by atoms with Crippen LogP contribution in [0.25, 0.3) is 0 Å². The molecule has 1 atom stereocenters. The molecule has 0 saturated carbocycles. The highest BCUT2D eigenvalue weighted by molar-refractivity contribution is 9.10. The molecule has 1 heterocycles. The van der Waals surface area contributed by atoms with Gasteiger partial charge in [-0.15, -0.1) is 11.3 Å². The summed E-state index contributed by atoms with van der Waals surface area (Å²) in [5.41, 5.74) is 0.683. The molecule has 0 aliphatic carbocycles. The average Bonchev–Trinajstić information content (AvgIpc) is 2.62. The van der Waals surface area contributed by atoms with Crippen molar-refractivity contribution in [1.29, 1.82) is 0 Å². The monoisotopic (exact) mass is 333 g/mol. The summed E-state index contributed by atoms with van der Waals surface area (Å²) in [6, 6.07) is 6.53. The van der Waals surface area contributed by atoms with Crippen LogP contribution in [0.2, 0.25) is 5.02 Å². The van der Waals surface area contributed by atoms with E-state index in [0.29, 0.717) is 10.7 Å². The first-order chi connectivity index (χ1) is 8.06. The van der Waals surface area contributed by atoms with E-state index in [1.54, 1.807) is 17.4 Å². The molecule has 0 amide bonds. The summed E-state index contributed by atoms with van der Waals surface area (Å²) in [6.07, 6.45) is 0. The summed E-state index contributed by atoms with van der Waals surface area (Å²) in [7, 11) is 0. The number of hydrogen-bond acceptors (Lipinski definition) is 2. The zero-order chi connectivity index (χ0) is 12.4. The van der Waals surface area contributed by atoms with E-state index in [-0.39, 0.29) is 11.9 Å². The minimum Gasteiger partial charge on any atom is -0.378 e. The van der Waals surface area contributed by atoms with E-state index in [2.05, 4.69) is 21.2 Å². The van der Waals surface area contributed by atoms with Crippen LogP contribution in [0.15, 0.2) is 34.1 Å². The SMILES string of the molecule is CC(Nc1cc(F)cc(Cl)c1)c1sccc1Br. The molecule has 0 aliphatic rings. The predicted molar refractivity (Wildman–Crippen MR) is 75.5 cm³/mol. The van der Waals surface area contributed by atoms with Gasteiger partial charge in [0.15, 0.2) is 0 Å². The van der Waals surface area contributed by atoms with Gasteiger partial charge in [0.25, 0.3) is 0 Å². The van der Waals surface area contributed by atoms with Crippen molar-refractivity contribution in [3.8, 4) is 0 Å². The van der Waals surface area contributed by atoms with Gasteiger partial charge >= 0.3 is 0 Å². The molecule has 2 rings (SSSR count). The average molecular weight is 335 g/mol. The molecule has 1 N–H and O–H groups in total. The number of rotatable bonds is 3. The summed E-state index contributed by atoms with van der Waals surface area (Å²) >= 11 is 10.9. The smallest absolute Gasteiger partial charge is 0.126 e. The van der Waals surface area contributed by atoms with Crippen LogP contribution in [0, 0.1) is 5.82 Å². The molecule has 0 radical (unpaired) electrons. The number of hydrogen-bond donors (Lipinski definition) is 1. The van der Waals surface area contributed by atoms with Crippen molar-refractivity contribution >= 4 is 44.6 Å². The second-order valence-corrected chi connectivity index (χ2v) is 5.90. The third kappa shape index (κ3) is 3.21. The normalized spacial score (nSPS) is 12.5. The molecule has 0 spiro atoms. The van der Waals surface area contributed by atoms with Crippen molar-refractivity contribution in [1.82, 2.24) is 0 Å². The topological polar surface area (TPSA) is 12.0 Å². The Morgan fingerprint density at radius 2 is 2.18 bits per heavy atom. The van der Waals surface area contributed by atoms with Crippen LogP contribution < -0.4 is 5.32 Å². The molecular formula is C12H10BrClFNS. The van der Waals surface area contributed by atoms with E-state index < -0.39 is 0 Å². The molecule has 0 saturated heterocycles. The van der Waals surface area contributed by atoms with E-state index in [4.69, 9.17) is 11.6 Å². The van der Waals surface area contributed by atoms with Gasteiger partial charge in [0, 0.05) is 20.1 Å². The Balaban J connectivity index is 2.18. The fourth-order valence-corrected chi connectivity index (χ4v) is 3.51. The van der Waals surface area contributed by atoms with Crippen molar-refractivity contribution in [3.63, 3.8) is 0 Å². The van der Waals surface area contributed by atoms with Gasteiger partial charge in [-0.3, -0.25) is 0 Å². The van der Waals surface area contributed by atoms with Crippen LogP contribution in [0.3, 0.4) is 0 Å². The summed E-state index contributed by atoms with van der Waals surface area (Å²) in [5.74, 6) is -0.336. The van der Waals surface area contributed by atoms with Crippen molar-refractivity contribution in [2.24, 2.45) is 0 Å². The minimum absolute atomic E-state index is 0.0993. The third-order valence-corrected chi connectivity index (χ3v) is 4.56. The maximum Gasteiger partial charge on any atom is 0.126 e. The van der Waals surface area contributed by atoms with E-state index in [1.807, 2.05) is 18.4 Å². The summed E-state index contributed by atoms with van der Waals surface area (Å²) in [5, 5.41) is 5.63.